The number of sulfonamides is 1. The first-order valence-corrected chi connectivity index (χ1v) is 8.00. The van der Waals surface area contributed by atoms with E-state index < -0.39 is 10.0 Å². The molecule has 6 heteroatoms. The number of halogens is 1. The molecule has 1 aliphatic rings. The third kappa shape index (κ3) is 2.76. The van der Waals surface area contributed by atoms with Gasteiger partial charge in [-0.2, -0.15) is 9.57 Å². The third-order valence-electron chi connectivity index (χ3n) is 3.39. The van der Waals surface area contributed by atoms with Gasteiger partial charge in [0, 0.05) is 12.6 Å². The lowest BCUT2D eigenvalue weighted by Crippen LogP contribution is -2.42. The van der Waals surface area contributed by atoms with E-state index in [0.29, 0.717) is 12.1 Å². The van der Waals surface area contributed by atoms with Crippen LogP contribution in [0.3, 0.4) is 0 Å². The van der Waals surface area contributed by atoms with Gasteiger partial charge in [0.2, 0.25) is 10.0 Å². The predicted octanol–water partition coefficient (Wildman–Crippen LogP) is 2.77. The molecule has 1 unspecified atom stereocenters. The summed E-state index contributed by atoms with van der Waals surface area (Å²) in [6, 6.07) is 6.22. The molecule has 1 saturated heterocycles. The van der Waals surface area contributed by atoms with Gasteiger partial charge in [0.05, 0.1) is 16.7 Å². The standard InChI is InChI=1S/C13H15ClN2O2S/c1-10-4-2-3-7-16(10)19(17,18)13-6-5-11(9-15)8-12(13)14/h5-6,8,10H,2-4,7H2,1H3. The zero-order valence-corrected chi connectivity index (χ0v) is 12.2. The molecule has 0 N–H and O–H groups in total. The molecular weight excluding hydrogens is 284 g/mol. The van der Waals surface area contributed by atoms with Crippen molar-refractivity contribution in [2.24, 2.45) is 0 Å². The van der Waals surface area contributed by atoms with Gasteiger partial charge in [-0.25, -0.2) is 8.42 Å². The van der Waals surface area contributed by atoms with Gasteiger partial charge in [-0.3, -0.25) is 0 Å². The highest BCUT2D eigenvalue weighted by atomic mass is 35.5. The van der Waals surface area contributed by atoms with Crippen LogP contribution in [0.15, 0.2) is 23.1 Å². The lowest BCUT2D eigenvalue weighted by atomic mass is 10.1. The van der Waals surface area contributed by atoms with Crippen molar-refractivity contribution in [3.63, 3.8) is 0 Å². The van der Waals surface area contributed by atoms with Crippen LogP contribution in [0, 0.1) is 11.3 Å². The molecule has 1 fully saturated rings. The number of nitrogens with zero attached hydrogens (tertiary/aromatic N) is 2. The number of piperidine rings is 1. The van der Waals surface area contributed by atoms with E-state index in [4.69, 9.17) is 16.9 Å². The summed E-state index contributed by atoms with van der Waals surface area (Å²) in [6.45, 7) is 2.44. The second kappa shape index (κ2) is 5.49. The SMILES string of the molecule is CC1CCCCN1S(=O)(=O)c1ccc(C#N)cc1Cl. The molecule has 0 saturated carbocycles. The van der Waals surface area contributed by atoms with Crippen molar-refractivity contribution in [3.8, 4) is 6.07 Å². The van der Waals surface area contributed by atoms with Gasteiger partial charge in [0.1, 0.15) is 4.90 Å². The Hall–Kier alpha value is -1.09. The maximum Gasteiger partial charge on any atom is 0.244 e. The fraction of sp³-hybridized carbons (Fsp3) is 0.462. The third-order valence-corrected chi connectivity index (χ3v) is 5.89. The van der Waals surface area contributed by atoms with Gasteiger partial charge in [-0.05, 0) is 38.0 Å². The molecule has 1 aliphatic heterocycles. The van der Waals surface area contributed by atoms with Crippen molar-refractivity contribution in [1.82, 2.24) is 4.31 Å². The first kappa shape index (κ1) is 14.3. The number of benzene rings is 1. The van der Waals surface area contributed by atoms with Crippen LogP contribution in [0.25, 0.3) is 0 Å². The van der Waals surface area contributed by atoms with E-state index in [-0.39, 0.29) is 16.0 Å². The van der Waals surface area contributed by atoms with Gasteiger partial charge in [-0.15, -0.1) is 0 Å². The Labute approximate surface area is 118 Å². The van der Waals surface area contributed by atoms with Crippen LogP contribution in [-0.2, 0) is 10.0 Å². The van der Waals surface area contributed by atoms with E-state index >= 15 is 0 Å². The van der Waals surface area contributed by atoms with Crippen molar-refractivity contribution in [2.45, 2.75) is 37.1 Å². The minimum Gasteiger partial charge on any atom is -0.207 e. The molecule has 1 atom stereocenters. The Morgan fingerprint density at radius 1 is 1.42 bits per heavy atom. The first-order chi connectivity index (χ1) is 8.96. The first-order valence-electron chi connectivity index (χ1n) is 6.18. The van der Waals surface area contributed by atoms with E-state index in [1.165, 1.54) is 22.5 Å². The van der Waals surface area contributed by atoms with Crippen LogP contribution in [0.2, 0.25) is 5.02 Å². The van der Waals surface area contributed by atoms with Crippen LogP contribution in [0.1, 0.15) is 31.7 Å². The van der Waals surface area contributed by atoms with Crippen molar-refractivity contribution in [3.05, 3.63) is 28.8 Å². The van der Waals surface area contributed by atoms with Gasteiger partial charge in [0.15, 0.2) is 0 Å². The Morgan fingerprint density at radius 3 is 2.74 bits per heavy atom. The molecule has 4 nitrogen and oxygen atoms in total. The summed E-state index contributed by atoms with van der Waals surface area (Å²) in [5.74, 6) is 0. The summed E-state index contributed by atoms with van der Waals surface area (Å²) in [5.41, 5.74) is 0.357. The average Bonchev–Trinajstić information content (AvgIpc) is 2.38. The normalized spacial score (nSPS) is 21.0. The fourth-order valence-corrected chi connectivity index (χ4v) is 4.55. The quantitative estimate of drug-likeness (QED) is 0.843. The van der Waals surface area contributed by atoms with Crippen LogP contribution in [0.4, 0.5) is 0 Å². The molecule has 0 amide bonds. The summed E-state index contributed by atoms with van der Waals surface area (Å²) in [7, 11) is -3.57. The molecular formula is C13H15ClN2O2S. The molecule has 1 heterocycles. The monoisotopic (exact) mass is 298 g/mol. The highest BCUT2D eigenvalue weighted by Gasteiger charge is 2.32. The molecule has 0 bridgehead atoms. The van der Waals surface area contributed by atoms with Crippen molar-refractivity contribution in [2.75, 3.05) is 6.54 Å². The molecule has 1 aromatic rings. The topological polar surface area (TPSA) is 61.2 Å². The van der Waals surface area contributed by atoms with E-state index in [9.17, 15) is 8.42 Å². The van der Waals surface area contributed by atoms with Crippen molar-refractivity contribution < 1.29 is 8.42 Å². The number of nitriles is 1. The van der Waals surface area contributed by atoms with Crippen LogP contribution >= 0.6 is 11.6 Å². The second-order valence-electron chi connectivity index (χ2n) is 4.72. The number of rotatable bonds is 2. The van der Waals surface area contributed by atoms with E-state index in [0.717, 1.165) is 19.3 Å². The number of hydrogen-bond donors (Lipinski definition) is 0. The van der Waals surface area contributed by atoms with Crippen molar-refractivity contribution >= 4 is 21.6 Å². The summed E-state index contributed by atoms with van der Waals surface area (Å²) in [6.07, 6.45) is 2.79. The molecule has 1 aromatic carbocycles. The lowest BCUT2D eigenvalue weighted by Gasteiger charge is -2.32. The maximum absolute atomic E-state index is 12.6. The van der Waals surface area contributed by atoms with Gasteiger partial charge < -0.3 is 0 Å². The van der Waals surface area contributed by atoms with Gasteiger partial charge >= 0.3 is 0 Å². The second-order valence-corrected chi connectivity index (χ2v) is 6.98. The number of hydrogen-bond acceptors (Lipinski definition) is 3. The summed E-state index contributed by atoms with van der Waals surface area (Å²) in [4.78, 5) is 0.0851. The molecule has 0 aromatic heterocycles. The van der Waals surface area contributed by atoms with E-state index in [1.807, 2.05) is 13.0 Å². The Balaban J connectivity index is 2.42. The average molecular weight is 299 g/mol. The molecule has 0 aliphatic carbocycles. The van der Waals surface area contributed by atoms with Gasteiger partial charge in [0.25, 0.3) is 0 Å². The zero-order valence-electron chi connectivity index (χ0n) is 10.6. The van der Waals surface area contributed by atoms with E-state index in [2.05, 4.69) is 0 Å². The molecule has 102 valence electrons. The minimum absolute atomic E-state index is 0.00883. The van der Waals surface area contributed by atoms with Gasteiger partial charge in [-0.1, -0.05) is 18.0 Å². The minimum atomic E-state index is -3.57. The van der Waals surface area contributed by atoms with Crippen LogP contribution in [-0.4, -0.2) is 25.3 Å². The highest BCUT2D eigenvalue weighted by molar-refractivity contribution is 7.89. The summed E-state index contributed by atoms with van der Waals surface area (Å²) in [5, 5.41) is 8.89. The molecule has 0 radical (unpaired) electrons. The summed E-state index contributed by atoms with van der Waals surface area (Å²) < 4.78 is 26.7. The Kier molecular flexibility index (Phi) is 4.14. The Morgan fingerprint density at radius 2 is 2.16 bits per heavy atom. The van der Waals surface area contributed by atoms with Crippen LogP contribution < -0.4 is 0 Å². The Bertz CT molecular complexity index is 622. The lowest BCUT2D eigenvalue weighted by molar-refractivity contribution is 0.268. The predicted molar refractivity (Wildman–Crippen MR) is 73.4 cm³/mol. The molecule has 2 rings (SSSR count). The molecule has 0 spiro atoms. The molecule has 19 heavy (non-hydrogen) atoms. The van der Waals surface area contributed by atoms with E-state index in [1.54, 1.807) is 0 Å². The van der Waals surface area contributed by atoms with Crippen LogP contribution in [0.5, 0.6) is 0 Å². The smallest absolute Gasteiger partial charge is 0.207 e. The van der Waals surface area contributed by atoms with Crippen molar-refractivity contribution in [1.29, 1.82) is 5.26 Å². The zero-order chi connectivity index (χ0) is 14.0. The fourth-order valence-electron chi connectivity index (χ4n) is 2.33. The maximum atomic E-state index is 12.6. The summed E-state index contributed by atoms with van der Waals surface area (Å²) >= 11 is 6.00. The highest BCUT2D eigenvalue weighted by Crippen LogP contribution is 2.29. The largest absolute Gasteiger partial charge is 0.244 e.